The predicted octanol–water partition coefficient (Wildman–Crippen LogP) is 8.01. The molecule has 9 rings (SSSR count). The van der Waals surface area contributed by atoms with Gasteiger partial charge < -0.3 is 21.9 Å². The van der Waals surface area contributed by atoms with Gasteiger partial charge in [0.25, 0.3) is 34.1 Å². The molecule has 78 heavy (non-hydrogen) atoms. The summed E-state index contributed by atoms with van der Waals surface area (Å²) in [6.45, 7) is 2.00. The first-order chi connectivity index (χ1) is 37.3. The molecule has 1 fully saturated rings. The number of hydrogen-bond acceptors (Lipinski definition) is 24. The molecule has 31 heteroatoms. The smallest absolute Gasteiger partial charge is 0.287 e. The Morgan fingerprint density at radius 3 is 1.08 bits per heavy atom. The second-order valence-electron chi connectivity index (χ2n) is 15.4. The zero-order valence-electron chi connectivity index (χ0n) is 40.5. The summed E-state index contributed by atoms with van der Waals surface area (Å²) in [4.78, 5) is 90.5. The maximum atomic E-state index is 10.6. The van der Waals surface area contributed by atoms with E-state index in [-0.39, 0.29) is 57.9 Å². The van der Waals surface area contributed by atoms with E-state index < -0.39 is 29.5 Å². The lowest BCUT2D eigenvalue weighted by molar-refractivity contribution is -0.385. The van der Waals surface area contributed by atoms with Crippen molar-refractivity contribution in [2.24, 2.45) is 0 Å². The second kappa shape index (κ2) is 31.1. The number of nitro groups is 6. The minimum Gasteiger partial charge on any atom is -0.399 e. The molecule has 0 radical (unpaired) electrons. The molecule has 6 N–H and O–H groups in total. The van der Waals surface area contributed by atoms with Crippen LogP contribution < -0.4 is 17.2 Å². The third kappa shape index (κ3) is 22.2. The summed E-state index contributed by atoms with van der Waals surface area (Å²) in [6, 6.07) is 23.5. The Hall–Kier alpha value is -10.8. The highest BCUT2D eigenvalue weighted by Crippen LogP contribution is 2.18. The van der Waals surface area contributed by atoms with E-state index in [9.17, 15) is 60.7 Å². The number of rotatable bonds is 12. The first-order valence-corrected chi connectivity index (χ1v) is 22.6. The summed E-state index contributed by atoms with van der Waals surface area (Å²) in [7, 11) is 0. The minimum atomic E-state index is -0.539. The maximum absolute atomic E-state index is 10.6. The van der Waals surface area contributed by atoms with Crippen LogP contribution in [0.5, 0.6) is 0 Å². The first-order valence-electron chi connectivity index (χ1n) is 22.2. The minimum absolute atomic E-state index is 0.0417. The van der Waals surface area contributed by atoms with Gasteiger partial charge in [0.05, 0.1) is 58.9 Å². The molecular weight excluding hydrogens is 1050 g/mol. The molecular formula is C47H44ClN17O13. The molecule has 8 aromatic heterocycles. The van der Waals surface area contributed by atoms with Crippen LogP contribution in [0, 0.1) is 60.7 Å². The van der Waals surface area contributed by atoms with Gasteiger partial charge in [-0.3, -0.25) is 90.6 Å². The summed E-state index contributed by atoms with van der Waals surface area (Å²) >= 11 is 5.37. The summed E-state index contributed by atoms with van der Waals surface area (Å²) in [5.41, 5.74) is 21.3. The third-order valence-corrected chi connectivity index (χ3v) is 9.77. The Morgan fingerprint density at radius 1 is 0.385 bits per heavy atom. The highest BCUT2D eigenvalue weighted by atomic mass is 35.5. The largest absolute Gasteiger partial charge is 0.399 e. The quantitative estimate of drug-likeness (QED) is 0.0592. The van der Waals surface area contributed by atoms with Gasteiger partial charge in [-0.25, -0.2) is 9.97 Å². The van der Waals surface area contributed by atoms with Gasteiger partial charge in [0.1, 0.15) is 29.6 Å². The normalized spacial score (nSPS) is 10.8. The van der Waals surface area contributed by atoms with E-state index in [1.165, 1.54) is 104 Å². The summed E-state index contributed by atoms with van der Waals surface area (Å²) in [6.07, 6.45) is 14.5. The van der Waals surface area contributed by atoms with Crippen molar-refractivity contribution in [3.05, 3.63) is 247 Å². The van der Waals surface area contributed by atoms with Gasteiger partial charge in [0.15, 0.2) is 0 Å². The number of nitrogen functional groups attached to an aromatic ring is 3. The second-order valence-corrected chi connectivity index (χ2v) is 15.7. The van der Waals surface area contributed by atoms with Crippen molar-refractivity contribution >= 4 is 62.9 Å². The number of nitrogens with zero attached hydrogens (tertiary/aromatic N) is 14. The fraction of sp³-hybridized carbons (Fsp3) is 0.149. The predicted molar refractivity (Wildman–Crippen MR) is 281 cm³/mol. The number of aromatic nitrogens is 8. The Labute approximate surface area is 445 Å². The van der Waals surface area contributed by atoms with Gasteiger partial charge in [-0.05, 0) is 55.3 Å². The van der Waals surface area contributed by atoms with E-state index in [0.29, 0.717) is 34.9 Å². The van der Waals surface area contributed by atoms with Crippen LogP contribution in [0.15, 0.2) is 147 Å². The van der Waals surface area contributed by atoms with Crippen LogP contribution in [0.25, 0.3) is 0 Å². The molecule has 402 valence electrons. The fourth-order valence-electron chi connectivity index (χ4n) is 5.82. The molecule has 0 bridgehead atoms. The molecule has 0 unspecified atom stereocenters. The number of nitrogens with two attached hydrogens (primary N) is 3. The van der Waals surface area contributed by atoms with Crippen molar-refractivity contribution in [3.63, 3.8) is 0 Å². The van der Waals surface area contributed by atoms with Crippen LogP contribution in [0.4, 0.5) is 51.3 Å². The first kappa shape index (κ1) is 59.8. The molecule has 0 atom stereocenters. The summed E-state index contributed by atoms with van der Waals surface area (Å²) in [5.74, 6) is 0.283. The average molecular weight is 1090 g/mol. The van der Waals surface area contributed by atoms with Gasteiger partial charge in [-0.2, -0.15) is 0 Å². The van der Waals surface area contributed by atoms with Crippen molar-refractivity contribution in [3.8, 4) is 0 Å². The van der Waals surface area contributed by atoms with E-state index in [4.69, 9.17) is 33.5 Å². The molecule has 0 amide bonds. The topological polar surface area (TPSA) is 449 Å². The van der Waals surface area contributed by atoms with E-state index in [2.05, 4.69) is 39.9 Å². The van der Waals surface area contributed by atoms with Gasteiger partial charge in [0.2, 0.25) is 0 Å². The molecule has 0 saturated carbocycles. The van der Waals surface area contributed by atoms with Gasteiger partial charge in [-0.1, -0.05) is 11.6 Å². The van der Waals surface area contributed by atoms with Crippen LogP contribution in [0.3, 0.4) is 0 Å². The van der Waals surface area contributed by atoms with Crippen molar-refractivity contribution < 1.29 is 34.3 Å². The average Bonchev–Trinajstić information content (AvgIpc) is 4.02. The third-order valence-electron chi connectivity index (χ3n) is 9.57. The molecule has 0 aliphatic carbocycles. The van der Waals surface area contributed by atoms with E-state index >= 15 is 0 Å². The Morgan fingerprint density at radius 2 is 0.756 bits per heavy atom. The zero-order valence-corrected chi connectivity index (χ0v) is 41.2. The Kier molecular flexibility index (Phi) is 23.8. The number of pyridine rings is 8. The summed E-state index contributed by atoms with van der Waals surface area (Å²) < 4.78 is 4.94. The number of ether oxygens (including phenoxy) is 1. The SMILES string of the molecule is C1CCOC1.Nc1ccc(Cc2cc(N)ccn2)nc1.Nc1ccc([N+](=O)[O-])cn1.O=[N+]([O-])c1ccc(Cc2cc([N+](=O)[O-])ccn2)nc1.O=[N+]([O-])c1ccc(Cc2cc([N+](=O)[O-])ccn2)nc1.O=[N+]([O-])c1ccnc(Cl)c1. The molecule has 30 nitrogen and oxygen atoms in total. The van der Waals surface area contributed by atoms with Crippen molar-refractivity contribution in [1.29, 1.82) is 0 Å². The monoisotopic (exact) mass is 1090 g/mol. The van der Waals surface area contributed by atoms with Crippen molar-refractivity contribution in [2.75, 3.05) is 30.4 Å². The highest BCUT2D eigenvalue weighted by Gasteiger charge is 2.12. The van der Waals surface area contributed by atoms with Crippen LogP contribution in [-0.2, 0) is 24.0 Å². The van der Waals surface area contributed by atoms with Crippen LogP contribution in [-0.4, -0.2) is 82.6 Å². The lowest BCUT2D eigenvalue weighted by atomic mass is 10.2. The van der Waals surface area contributed by atoms with E-state index in [0.717, 1.165) is 48.9 Å². The lowest BCUT2D eigenvalue weighted by Crippen LogP contribution is -1.98. The molecule has 1 saturated heterocycles. The fourth-order valence-corrected chi connectivity index (χ4v) is 5.99. The summed E-state index contributed by atoms with van der Waals surface area (Å²) in [5, 5.41) is 62.4. The molecule has 0 aromatic carbocycles. The molecule has 0 spiro atoms. The molecule has 1 aliphatic rings. The molecule has 1 aliphatic heterocycles. The molecule has 8 aromatic rings. The van der Waals surface area contributed by atoms with Crippen LogP contribution >= 0.6 is 11.6 Å². The number of halogens is 1. The highest BCUT2D eigenvalue weighted by molar-refractivity contribution is 6.29. The van der Waals surface area contributed by atoms with Crippen LogP contribution in [0.2, 0.25) is 5.15 Å². The van der Waals surface area contributed by atoms with Gasteiger partial charge in [0, 0.05) is 134 Å². The Bertz CT molecular complexity index is 3150. The van der Waals surface area contributed by atoms with E-state index in [1.807, 2.05) is 18.2 Å². The lowest BCUT2D eigenvalue weighted by Gasteiger charge is -2.01. The van der Waals surface area contributed by atoms with Crippen molar-refractivity contribution in [1.82, 2.24) is 39.9 Å². The zero-order chi connectivity index (χ0) is 57.0. The Balaban J connectivity index is 0.000000210. The van der Waals surface area contributed by atoms with Gasteiger partial charge in [-0.15, -0.1) is 0 Å². The van der Waals surface area contributed by atoms with E-state index in [1.54, 1.807) is 18.5 Å². The number of hydrogen-bond donors (Lipinski definition) is 3. The van der Waals surface area contributed by atoms with Gasteiger partial charge >= 0.3 is 0 Å². The van der Waals surface area contributed by atoms with Crippen molar-refractivity contribution in [2.45, 2.75) is 32.1 Å². The number of anilines is 3. The van der Waals surface area contributed by atoms with Crippen LogP contribution in [0.1, 0.15) is 47.0 Å². The standard InChI is InChI=1S/2C11H8N4O4.C11H12N4.C5H3ClN2O2.C5H5N3O2.C4H8O/c2*16-14(17)10-3-4-12-9(6-10)5-8-1-2-11(7-13-8)15(18)19;12-8-3-4-14-11(5-8)6-10-2-1-9(13)7-15-10;6-5-3-4(8(9)10)1-2-7-5;6-5-2-1-4(3-7-5)8(9)10;1-2-4-5-3-1/h2*1-4,6-7H,5H2;1-5,7H,6,13H2,(H2,12,14);1-3H;1-3H,(H2,6,7);1-4H2. The molecule has 9 heterocycles. The maximum Gasteiger partial charge on any atom is 0.287 e.